The normalized spacial score (nSPS) is 13.4. The zero-order valence-electron chi connectivity index (χ0n) is 16.2. The minimum Gasteiger partial charge on any atom is -0.491 e. The Labute approximate surface area is 160 Å². The molecule has 5 heteroatoms. The lowest BCUT2D eigenvalue weighted by Gasteiger charge is -2.20. The molecule has 0 atom stereocenters. The number of fused-ring (bicyclic) bond motifs is 1. The van der Waals surface area contributed by atoms with Crippen molar-refractivity contribution in [3.05, 3.63) is 64.7 Å². The van der Waals surface area contributed by atoms with E-state index in [-0.39, 0.29) is 11.8 Å². The van der Waals surface area contributed by atoms with Crippen LogP contribution < -0.4 is 4.74 Å². The van der Waals surface area contributed by atoms with Crippen LogP contribution in [0.2, 0.25) is 0 Å². The molecule has 0 aromatic heterocycles. The summed E-state index contributed by atoms with van der Waals surface area (Å²) in [6.45, 7) is 3.52. The highest BCUT2D eigenvalue weighted by atomic mass is 16.5. The quantitative estimate of drug-likeness (QED) is 0.836. The summed E-state index contributed by atoms with van der Waals surface area (Å²) in [5.74, 6) is 0.943. The third-order valence-electron chi connectivity index (χ3n) is 4.78. The molecular weight excluding hydrogens is 340 g/mol. The minimum absolute atomic E-state index is 0.0170. The van der Waals surface area contributed by atoms with Crippen molar-refractivity contribution in [2.75, 3.05) is 27.2 Å². The van der Waals surface area contributed by atoms with Crippen molar-refractivity contribution in [3.8, 4) is 5.75 Å². The van der Waals surface area contributed by atoms with E-state index in [1.165, 1.54) is 0 Å². The van der Waals surface area contributed by atoms with Crippen LogP contribution in [0.25, 0.3) is 0 Å². The predicted octanol–water partition coefficient (Wildman–Crippen LogP) is 3.05. The van der Waals surface area contributed by atoms with Crippen molar-refractivity contribution < 1.29 is 14.3 Å². The number of nitrogens with zero attached hydrogens (tertiary/aromatic N) is 2. The van der Waals surface area contributed by atoms with Crippen LogP contribution in [0.3, 0.4) is 0 Å². The number of carbonyl (C=O) groups excluding carboxylic acids is 2. The number of rotatable bonds is 4. The van der Waals surface area contributed by atoms with Crippen molar-refractivity contribution >= 4 is 11.8 Å². The Morgan fingerprint density at radius 1 is 1.15 bits per heavy atom. The zero-order chi connectivity index (χ0) is 19.4. The highest BCUT2D eigenvalue weighted by Gasteiger charge is 2.21. The van der Waals surface area contributed by atoms with Gasteiger partial charge in [0, 0.05) is 38.2 Å². The standard InChI is InChI=1S/C22H26N2O3/c1-16-5-4-6-18(13-16)22(26)24-11-12-27-20-9-7-17(14-19(20)15-24)8-10-21(25)23(2)3/h4-7,9,13-14H,8,10-12,15H2,1-3H3. The summed E-state index contributed by atoms with van der Waals surface area (Å²) in [7, 11) is 3.53. The smallest absolute Gasteiger partial charge is 0.254 e. The van der Waals surface area contributed by atoms with E-state index >= 15 is 0 Å². The fourth-order valence-corrected chi connectivity index (χ4v) is 3.21. The summed E-state index contributed by atoms with van der Waals surface area (Å²) in [5.41, 5.74) is 3.84. The summed E-state index contributed by atoms with van der Waals surface area (Å²) in [5, 5.41) is 0. The molecule has 0 bridgehead atoms. The van der Waals surface area contributed by atoms with Crippen molar-refractivity contribution in [2.45, 2.75) is 26.3 Å². The zero-order valence-corrected chi connectivity index (χ0v) is 16.2. The molecule has 0 fully saturated rings. The summed E-state index contributed by atoms with van der Waals surface area (Å²) in [6, 6.07) is 13.7. The van der Waals surface area contributed by atoms with E-state index in [0.29, 0.717) is 38.1 Å². The number of carbonyl (C=O) groups is 2. The first-order valence-electron chi connectivity index (χ1n) is 9.25. The van der Waals surface area contributed by atoms with Gasteiger partial charge in [-0.2, -0.15) is 0 Å². The molecule has 2 amide bonds. The van der Waals surface area contributed by atoms with Gasteiger partial charge in [0.15, 0.2) is 0 Å². The molecule has 0 spiro atoms. The van der Waals surface area contributed by atoms with Crippen LogP contribution in [0.15, 0.2) is 42.5 Å². The van der Waals surface area contributed by atoms with Gasteiger partial charge in [0.05, 0.1) is 6.54 Å². The molecule has 5 nitrogen and oxygen atoms in total. The summed E-state index contributed by atoms with van der Waals surface area (Å²) in [4.78, 5) is 28.2. The number of ether oxygens (including phenoxy) is 1. The topological polar surface area (TPSA) is 49.9 Å². The highest BCUT2D eigenvalue weighted by Crippen LogP contribution is 2.26. The largest absolute Gasteiger partial charge is 0.491 e. The van der Waals surface area contributed by atoms with Gasteiger partial charge >= 0.3 is 0 Å². The molecule has 0 saturated heterocycles. The van der Waals surface area contributed by atoms with Crippen LogP contribution in [0.4, 0.5) is 0 Å². The lowest BCUT2D eigenvalue weighted by molar-refractivity contribution is -0.128. The molecule has 1 heterocycles. The van der Waals surface area contributed by atoms with Crippen molar-refractivity contribution in [2.24, 2.45) is 0 Å². The van der Waals surface area contributed by atoms with Gasteiger partial charge in [-0.3, -0.25) is 9.59 Å². The maximum absolute atomic E-state index is 12.9. The lowest BCUT2D eigenvalue weighted by atomic mass is 10.0. The molecule has 0 saturated carbocycles. The molecule has 3 rings (SSSR count). The summed E-state index contributed by atoms with van der Waals surface area (Å²) >= 11 is 0. The molecule has 0 aliphatic carbocycles. The van der Waals surface area contributed by atoms with E-state index < -0.39 is 0 Å². The number of hydrogen-bond acceptors (Lipinski definition) is 3. The Kier molecular flexibility index (Phi) is 5.79. The van der Waals surface area contributed by atoms with Crippen LogP contribution in [-0.4, -0.2) is 48.9 Å². The van der Waals surface area contributed by atoms with E-state index in [2.05, 4.69) is 6.07 Å². The van der Waals surface area contributed by atoms with E-state index in [1.54, 1.807) is 19.0 Å². The van der Waals surface area contributed by atoms with Crippen LogP contribution in [-0.2, 0) is 17.8 Å². The van der Waals surface area contributed by atoms with Gasteiger partial charge in [0.2, 0.25) is 5.91 Å². The monoisotopic (exact) mass is 366 g/mol. The Morgan fingerprint density at radius 2 is 1.96 bits per heavy atom. The Balaban J connectivity index is 1.76. The molecule has 27 heavy (non-hydrogen) atoms. The highest BCUT2D eigenvalue weighted by molar-refractivity contribution is 5.94. The first-order chi connectivity index (χ1) is 12.9. The first kappa shape index (κ1) is 19.0. The minimum atomic E-state index is 0.0170. The third-order valence-corrected chi connectivity index (χ3v) is 4.78. The van der Waals surface area contributed by atoms with E-state index in [0.717, 1.165) is 22.4 Å². The van der Waals surface area contributed by atoms with Gasteiger partial charge in [-0.05, 0) is 37.1 Å². The first-order valence-corrected chi connectivity index (χ1v) is 9.25. The van der Waals surface area contributed by atoms with Crippen LogP contribution in [0.1, 0.15) is 33.5 Å². The van der Waals surface area contributed by atoms with Crippen LogP contribution >= 0.6 is 0 Å². The summed E-state index contributed by atoms with van der Waals surface area (Å²) < 4.78 is 5.84. The molecule has 1 aliphatic heterocycles. The Morgan fingerprint density at radius 3 is 2.70 bits per heavy atom. The maximum atomic E-state index is 12.9. The molecule has 1 aliphatic rings. The molecule has 0 unspecified atom stereocenters. The van der Waals surface area contributed by atoms with E-state index in [1.807, 2.05) is 48.2 Å². The van der Waals surface area contributed by atoms with Gasteiger partial charge < -0.3 is 14.5 Å². The maximum Gasteiger partial charge on any atom is 0.254 e. The number of aryl methyl sites for hydroxylation is 2. The van der Waals surface area contributed by atoms with Gasteiger partial charge in [0.25, 0.3) is 5.91 Å². The fraction of sp³-hybridized carbons (Fsp3) is 0.364. The van der Waals surface area contributed by atoms with Gasteiger partial charge in [-0.15, -0.1) is 0 Å². The van der Waals surface area contributed by atoms with Crippen LogP contribution in [0, 0.1) is 6.92 Å². The number of amides is 2. The average Bonchev–Trinajstić information content (AvgIpc) is 2.87. The Hall–Kier alpha value is -2.82. The second-order valence-corrected chi connectivity index (χ2v) is 7.17. The predicted molar refractivity (Wildman–Crippen MR) is 105 cm³/mol. The fourth-order valence-electron chi connectivity index (χ4n) is 3.21. The third kappa shape index (κ3) is 4.67. The average molecular weight is 366 g/mol. The molecular formula is C22H26N2O3. The van der Waals surface area contributed by atoms with E-state index in [4.69, 9.17) is 4.74 Å². The van der Waals surface area contributed by atoms with Gasteiger partial charge in [-0.1, -0.05) is 29.8 Å². The Bertz CT molecular complexity index is 845. The van der Waals surface area contributed by atoms with Crippen molar-refractivity contribution in [1.29, 1.82) is 0 Å². The number of hydrogen-bond donors (Lipinski definition) is 0. The molecule has 2 aromatic carbocycles. The number of benzene rings is 2. The van der Waals surface area contributed by atoms with E-state index in [9.17, 15) is 9.59 Å². The summed E-state index contributed by atoms with van der Waals surface area (Å²) in [6.07, 6.45) is 1.15. The molecule has 142 valence electrons. The van der Waals surface area contributed by atoms with Crippen LogP contribution in [0.5, 0.6) is 5.75 Å². The molecule has 2 aromatic rings. The molecule has 0 radical (unpaired) electrons. The lowest BCUT2D eigenvalue weighted by Crippen LogP contribution is -2.32. The second kappa shape index (κ2) is 8.25. The van der Waals surface area contributed by atoms with Crippen molar-refractivity contribution in [3.63, 3.8) is 0 Å². The second-order valence-electron chi connectivity index (χ2n) is 7.17. The SMILES string of the molecule is Cc1cccc(C(=O)N2CCOc3ccc(CCC(=O)N(C)C)cc3C2)c1. The van der Waals surface area contributed by atoms with Gasteiger partial charge in [-0.25, -0.2) is 0 Å². The molecule has 0 N–H and O–H groups in total. The van der Waals surface area contributed by atoms with Crippen molar-refractivity contribution in [1.82, 2.24) is 9.80 Å². The van der Waals surface area contributed by atoms with Gasteiger partial charge in [0.1, 0.15) is 12.4 Å².